The number of nitrogens with one attached hydrogen (secondary N) is 2. The summed E-state index contributed by atoms with van der Waals surface area (Å²) < 4.78 is 10.8. The summed E-state index contributed by atoms with van der Waals surface area (Å²) in [4.78, 5) is 38.9. The second-order valence-corrected chi connectivity index (χ2v) is 6.74. The van der Waals surface area contributed by atoms with E-state index in [-0.39, 0.29) is 11.6 Å². The lowest BCUT2D eigenvalue weighted by atomic mass is 10.1. The average Bonchev–Trinajstić information content (AvgIpc) is 2.83. The Morgan fingerprint density at radius 3 is 2.56 bits per heavy atom. The maximum absolute atomic E-state index is 12.8. The van der Waals surface area contributed by atoms with Gasteiger partial charge in [-0.05, 0) is 24.3 Å². The molecular weight excluding hydrogens is 412 g/mol. The first-order valence-electron chi connectivity index (χ1n) is 10.0. The fourth-order valence-electron chi connectivity index (χ4n) is 2.97. The molecule has 166 valence electrons. The third kappa shape index (κ3) is 6.02. The highest BCUT2D eigenvalue weighted by molar-refractivity contribution is 6.40. The second kappa shape index (κ2) is 11.4. The number of nitrogens with zero attached hydrogens (tertiary/aromatic N) is 2. The summed E-state index contributed by atoms with van der Waals surface area (Å²) in [5, 5.41) is 6.30. The summed E-state index contributed by atoms with van der Waals surface area (Å²) in [6.07, 6.45) is 2.99. The minimum atomic E-state index is -0.973. The van der Waals surface area contributed by atoms with Gasteiger partial charge in [0.05, 0.1) is 30.7 Å². The van der Waals surface area contributed by atoms with Crippen molar-refractivity contribution in [3.63, 3.8) is 0 Å². The van der Waals surface area contributed by atoms with Crippen molar-refractivity contribution in [3.05, 3.63) is 72.3 Å². The number of hydrazone groups is 1. The van der Waals surface area contributed by atoms with E-state index in [4.69, 9.17) is 9.47 Å². The third-order valence-corrected chi connectivity index (χ3v) is 4.56. The van der Waals surface area contributed by atoms with E-state index >= 15 is 0 Å². The van der Waals surface area contributed by atoms with E-state index in [0.717, 1.165) is 0 Å². The zero-order chi connectivity index (χ0) is 22.8. The van der Waals surface area contributed by atoms with Crippen LogP contribution in [-0.4, -0.2) is 61.7 Å². The summed E-state index contributed by atoms with van der Waals surface area (Å²) in [5.41, 5.74) is 3.34. The van der Waals surface area contributed by atoms with Gasteiger partial charge in [-0.1, -0.05) is 36.9 Å². The molecule has 3 rings (SSSR count). The number of amides is 3. The zero-order valence-electron chi connectivity index (χ0n) is 17.5. The molecule has 1 aliphatic rings. The fraction of sp³-hybridized carbons (Fsp3) is 0.217. The predicted octanol–water partition coefficient (Wildman–Crippen LogP) is 1.81. The van der Waals surface area contributed by atoms with Crippen LogP contribution < -0.4 is 15.5 Å². The van der Waals surface area contributed by atoms with E-state index < -0.39 is 11.8 Å². The highest BCUT2D eigenvalue weighted by Gasteiger charge is 2.22. The summed E-state index contributed by atoms with van der Waals surface area (Å²) >= 11 is 0. The van der Waals surface area contributed by atoms with E-state index in [1.165, 1.54) is 6.21 Å². The molecule has 0 aliphatic carbocycles. The maximum atomic E-state index is 12.8. The SMILES string of the molecule is C=CCOc1ccccc1/C=N/NC(=O)C(=O)Nc1ccccc1C(=O)N1CCOCC1. The van der Waals surface area contributed by atoms with E-state index in [2.05, 4.69) is 22.4 Å². The number of morpholine rings is 1. The Morgan fingerprint density at radius 1 is 1.06 bits per heavy atom. The van der Waals surface area contributed by atoms with Crippen molar-refractivity contribution in [1.29, 1.82) is 0 Å². The number of benzene rings is 2. The number of rotatable bonds is 7. The Morgan fingerprint density at radius 2 is 1.78 bits per heavy atom. The molecule has 2 aromatic carbocycles. The van der Waals surface area contributed by atoms with Crippen molar-refractivity contribution >= 4 is 29.6 Å². The van der Waals surface area contributed by atoms with E-state index in [9.17, 15) is 14.4 Å². The first-order chi connectivity index (χ1) is 15.6. The lowest BCUT2D eigenvalue weighted by Gasteiger charge is -2.27. The monoisotopic (exact) mass is 436 g/mol. The van der Waals surface area contributed by atoms with Gasteiger partial charge in [0.15, 0.2) is 0 Å². The smallest absolute Gasteiger partial charge is 0.329 e. The Hall–Kier alpha value is -3.98. The van der Waals surface area contributed by atoms with Gasteiger partial charge < -0.3 is 19.7 Å². The van der Waals surface area contributed by atoms with Gasteiger partial charge in [0.1, 0.15) is 12.4 Å². The van der Waals surface area contributed by atoms with Crippen LogP contribution in [0.3, 0.4) is 0 Å². The largest absolute Gasteiger partial charge is 0.489 e. The maximum Gasteiger partial charge on any atom is 0.329 e. The number of anilines is 1. The third-order valence-electron chi connectivity index (χ3n) is 4.56. The van der Waals surface area contributed by atoms with Crippen molar-refractivity contribution in [3.8, 4) is 5.75 Å². The second-order valence-electron chi connectivity index (χ2n) is 6.74. The van der Waals surface area contributed by atoms with Gasteiger partial charge in [0.2, 0.25) is 0 Å². The van der Waals surface area contributed by atoms with E-state index in [1.807, 2.05) is 0 Å². The van der Waals surface area contributed by atoms with Crippen LogP contribution >= 0.6 is 0 Å². The number of ether oxygens (including phenoxy) is 2. The normalized spacial score (nSPS) is 13.4. The zero-order valence-corrected chi connectivity index (χ0v) is 17.5. The van der Waals surface area contributed by atoms with Gasteiger partial charge in [-0.25, -0.2) is 5.43 Å². The van der Waals surface area contributed by atoms with Crippen molar-refractivity contribution in [2.45, 2.75) is 0 Å². The van der Waals surface area contributed by atoms with Gasteiger partial charge >= 0.3 is 11.8 Å². The Bertz CT molecular complexity index is 1010. The van der Waals surface area contributed by atoms with Gasteiger partial charge in [0.25, 0.3) is 5.91 Å². The van der Waals surface area contributed by atoms with Crippen molar-refractivity contribution in [1.82, 2.24) is 10.3 Å². The molecule has 1 saturated heterocycles. The van der Waals surface area contributed by atoms with Gasteiger partial charge in [0, 0.05) is 18.7 Å². The molecule has 2 N–H and O–H groups in total. The minimum absolute atomic E-state index is 0.237. The number of para-hydroxylation sites is 2. The van der Waals surface area contributed by atoms with Gasteiger partial charge in [-0.2, -0.15) is 5.10 Å². The molecule has 1 heterocycles. The lowest BCUT2D eigenvalue weighted by Crippen LogP contribution is -2.41. The topological polar surface area (TPSA) is 109 Å². The molecule has 9 nitrogen and oxygen atoms in total. The molecule has 3 amide bonds. The summed E-state index contributed by atoms with van der Waals surface area (Å²) in [6, 6.07) is 13.6. The van der Waals surface area contributed by atoms with E-state index in [1.54, 1.807) is 59.5 Å². The van der Waals surface area contributed by atoms with Crippen molar-refractivity contribution < 1.29 is 23.9 Å². The summed E-state index contributed by atoms with van der Waals surface area (Å²) in [7, 11) is 0. The van der Waals surface area contributed by atoms with Crippen LogP contribution in [0.25, 0.3) is 0 Å². The predicted molar refractivity (Wildman–Crippen MR) is 120 cm³/mol. The number of carbonyl (C=O) groups is 3. The number of hydrogen-bond donors (Lipinski definition) is 2. The van der Waals surface area contributed by atoms with Gasteiger partial charge in [-0.15, -0.1) is 0 Å². The molecule has 1 fully saturated rings. The highest BCUT2D eigenvalue weighted by Crippen LogP contribution is 2.18. The standard InChI is InChI=1S/C23H24N4O5/c1-2-13-32-20-10-6-3-7-17(20)16-24-26-22(29)21(28)25-19-9-5-4-8-18(19)23(30)27-11-14-31-15-12-27/h2-10,16H,1,11-15H2,(H,25,28)(H,26,29)/b24-16+. The number of carbonyl (C=O) groups excluding carboxylic acids is 3. The van der Waals surface area contributed by atoms with Crippen molar-refractivity contribution in [2.24, 2.45) is 5.10 Å². The molecule has 0 atom stereocenters. The highest BCUT2D eigenvalue weighted by atomic mass is 16.5. The van der Waals surface area contributed by atoms with Crippen LogP contribution in [0.15, 0.2) is 66.3 Å². The lowest BCUT2D eigenvalue weighted by molar-refractivity contribution is -0.136. The molecule has 0 radical (unpaired) electrons. The molecule has 9 heteroatoms. The van der Waals surface area contributed by atoms with Crippen LogP contribution in [-0.2, 0) is 14.3 Å². The molecular formula is C23H24N4O5. The first kappa shape index (κ1) is 22.7. The Kier molecular flexibility index (Phi) is 8.10. The Labute approximate surface area is 185 Å². The van der Waals surface area contributed by atoms with Crippen LogP contribution in [0.1, 0.15) is 15.9 Å². The summed E-state index contributed by atoms with van der Waals surface area (Å²) in [6.45, 7) is 5.77. The molecule has 0 bridgehead atoms. The average molecular weight is 436 g/mol. The molecule has 32 heavy (non-hydrogen) atoms. The molecule has 0 aromatic heterocycles. The fourth-order valence-corrected chi connectivity index (χ4v) is 2.97. The molecule has 0 spiro atoms. The van der Waals surface area contributed by atoms with Crippen LogP contribution in [0.2, 0.25) is 0 Å². The molecule has 1 aliphatic heterocycles. The van der Waals surface area contributed by atoms with Crippen molar-refractivity contribution in [2.75, 3.05) is 38.2 Å². The van der Waals surface area contributed by atoms with Gasteiger partial charge in [-0.3, -0.25) is 14.4 Å². The van der Waals surface area contributed by atoms with Crippen LogP contribution in [0.4, 0.5) is 5.69 Å². The van der Waals surface area contributed by atoms with E-state index in [0.29, 0.717) is 49.8 Å². The first-order valence-corrected chi connectivity index (χ1v) is 10.0. The number of hydrogen-bond acceptors (Lipinski definition) is 6. The molecule has 2 aromatic rings. The minimum Gasteiger partial charge on any atom is -0.489 e. The molecule has 0 saturated carbocycles. The van der Waals surface area contributed by atoms with Crippen LogP contribution in [0, 0.1) is 0 Å². The quantitative estimate of drug-likeness (QED) is 0.298. The summed E-state index contributed by atoms with van der Waals surface area (Å²) in [5.74, 6) is -1.59. The van der Waals surface area contributed by atoms with Crippen LogP contribution in [0.5, 0.6) is 5.75 Å². The Balaban J connectivity index is 1.62. The molecule has 0 unspecified atom stereocenters.